The molecule has 0 fully saturated rings. The summed E-state index contributed by atoms with van der Waals surface area (Å²) in [5, 5.41) is 2.30. The number of esters is 1. The first-order valence-electron chi connectivity index (χ1n) is 9.12. The molecule has 3 N–H and O–H groups in total. The van der Waals surface area contributed by atoms with Gasteiger partial charge in [0.25, 0.3) is 5.91 Å². The van der Waals surface area contributed by atoms with E-state index in [1.807, 2.05) is 32.0 Å². The molecule has 0 aliphatic carbocycles. The molecule has 9 heteroatoms. The molecule has 1 unspecified atom stereocenters. The molecular weight excluding hydrogens is 461 g/mol. The van der Waals surface area contributed by atoms with E-state index in [0.29, 0.717) is 11.3 Å². The molecule has 0 radical (unpaired) electrons. The summed E-state index contributed by atoms with van der Waals surface area (Å²) in [4.78, 5) is 29.7. The lowest BCUT2D eigenvalue weighted by atomic mass is 10.1. The largest absolute Gasteiger partial charge is 0.443 e. The van der Waals surface area contributed by atoms with E-state index in [1.54, 1.807) is 30.3 Å². The molecule has 0 saturated heterocycles. The molecule has 1 amide bonds. The average Bonchev–Trinajstić information content (AvgIpc) is 2.72. The van der Waals surface area contributed by atoms with Crippen LogP contribution in [-0.2, 0) is 9.53 Å². The Morgan fingerprint density at radius 3 is 2.23 bits per heavy atom. The van der Waals surface area contributed by atoms with Crippen molar-refractivity contribution in [1.29, 1.82) is 0 Å². The second kappa shape index (κ2) is 9.56. The third kappa shape index (κ3) is 5.28. The van der Waals surface area contributed by atoms with Gasteiger partial charge in [0, 0.05) is 11.3 Å². The second-order valence-electron chi connectivity index (χ2n) is 6.85. The minimum atomic E-state index is -1.27. The summed E-state index contributed by atoms with van der Waals surface area (Å²) in [7, 11) is 0. The molecule has 6 nitrogen and oxygen atoms in total. The minimum Gasteiger partial charge on any atom is -0.443 e. The van der Waals surface area contributed by atoms with Crippen molar-refractivity contribution in [2.24, 2.45) is 0 Å². The smallest absolute Gasteiger partial charge is 0.359 e. The molecule has 0 aliphatic heterocycles. The van der Waals surface area contributed by atoms with Crippen LogP contribution in [0.15, 0.2) is 48.5 Å². The number of anilines is 2. The Hall–Kier alpha value is -2.80. The Balaban J connectivity index is 1.93. The molecule has 0 aliphatic rings. The van der Waals surface area contributed by atoms with Crippen molar-refractivity contribution in [3.8, 4) is 0 Å². The molecule has 1 aromatic heterocycles. The van der Waals surface area contributed by atoms with E-state index in [4.69, 9.17) is 45.3 Å². The van der Waals surface area contributed by atoms with Gasteiger partial charge >= 0.3 is 5.97 Å². The fraction of sp³-hybridized carbons (Fsp3) is 0.136. The van der Waals surface area contributed by atoms with Crippen LogP contribution in [-0.4, -0.2) is 16.9 Å². The van der Waals surface area contributed by atoms with Gasteiger partial charge in [-0.1, -0.05) is 71.2 Å². The van der Waals surface area contributed by atoms with Crippen LogP contribution in [0.2, 0.25) is 15.2 Å². The molecule has 1 heterocycles. The number of ether oxygens (including phenoxy) is 1. The second-order valence-corrected chi connectivity index (χ2v) is 7.97. The summed E-state index contributed by atoms with van der Waals surface area (Å²) in [5.74, 6) is -1.52. The molecule has 0 spiro atoms. The zero-order chi connectivity index (χ0) is 22.7. The Morgan fingerprint density at radius 2 is 1.61 bits per heavy atom. The van der Waals surface area contributed by atoms with Crippen LogP contribution in [0.25, 0.3) is 0 Å². The molecule has 3 aromatic rings. The van der Waals surface area contributed by atoms with Gasteiger partial charge in [0.15, 0.2) is 10.8 Å². The summed E-state index contributed by atoms with van der Waals surface area (Å²) in [6.45, 7) is 3.83. The van der Waals surface area contributed by atoms with E-state index in [1.165, 1.54) is 0 Å². The van der Waals surface area contributed by atoms with Gasteiger partial charge in [0.05, 0.1) is 10.7 Å². The maximum Gasteiger partial charge on any atom is 0.359 e. The summed E-state index contributed by atoms with van der Waals surface area (Å²) in [6, 6.07) is 14.2. The number of aromatic nitrogens is 1. The number of nitrogens with two attached hydrogens (primary N) is 1. The highest BCUT2D eigenvalue weighted by Gasteiger charge is 2.29. The first-order chi connectivity index (χ1) is 14.7. The topological polar surface area (TPSA) is 94.3 Å². The fourth-order valence-corrected chi connectivity index (χ4v) is 3.57. The maximum atomic E-state index is 13.1. The first kappa shape index (κ1) is 22.9. The minimum absolute atomic E-state index is 0.0737. The normalized spacial score (nSPS) is 11.6. The molecule has 0 bridgehead atoms. The number of benzene rings is 2. The lowest BCUT2D eigenvalue weighted by Gasteiger charge is -2.19. The van der Waals surface area contributed by atoms with Gasteiger partial charge in [0.2, 0.25) is 6.10 Å². The number of carbonyl (C=O) groups excluding carboxylic acids is 2. The number of carbonyl (C=O) groups is 2. The number of halogens is 3. The van der Waals surface area contributed by atoms with Crippen molar-refractivity contribution >= 4 is 58.1 Å². The SMILES string of the molecule is Cc1cc(C)cc(NC(=O)C(OC(=O)c2nc(Cl)c(Cl)c(N)c2Cl)c2ccccc2)c1. The molecular formula is C22H18Cl3N3O3. The number of nitrogens with zero attached hydrogens (tertiary/aromatic N) is 1. The van der Waals surface area contributed by atoms with Gasteiger partial charge in [-0.05, 0) is 37.1 Å². The Morgan fingerprint density at radius 1 is 1.00 bits per heavy atom. The van der Waals surface area contributed by atoms with Gasteiger partial charge < -0.3 is 15.8 Å². The van der Waals surface area contributed by atoms with Crippen LogP contribution in [0.5, 0.6) is 0 Å². The van der Waals surface area contributed by atoms with E-state index in [-0.39, 0.29) is 26.6 Å². The Labute approximate surface area is 194 Å². The molecule has 2 aromatic carbocycles. The van der Waals surface area contributed by atoms with E-state index in [9.17, 15) is 9.59 Å². The van der Waals surface area contributed by atoms with Gasteiger partial charge in [-0.25, -0.2) is 9.78 Å². The number of pyridine rings is 1. The van der Waals surface area contributed by atoms with Crippen molar-refractivity contribution in [3.05, 3.63) is 86.1 Å². The number of hydrogen-bond acceptors (Lipinski definition) is 5. The third-order valence-electron chi connectivity index (χ3n) is 4.32. The van der Waals surface area contributed by atoms with Crippen molar-refractivity contribution < 1.29 is 14.3 Å². The number of amides is 1. The Bertz CT molecular complexity index is 1130. The quantitative estimate of drug-likeness (QED) is 0.358. The fourth-order valence-electron chi connectivity index (χ4n) is 2.98. The van der Waals surface area contributed by atoms with Crippen LogP contribution in [0.1, 0.15) is 33.3 Å². The average molecular weight is 479 g/mol. The molecule has 1 atom stereocenters. The first-order valence-corrected chi connectivity index (χ1v) is 10.3. The lowest BCUT2D eigenvalue weighted by molar-refractivity contribution is -0.125. The summed E-state index contributed by atoms with van der Waals surface area (Å²) >= 11 is 17.9. The molecule has 0 saturated carbocycles. The van der Waals surface area contributed by atoms with E-state index in [0.717, 1.165) is 11.1 Å². The predicted molar refractivity (Wildman–Crippen MR) is 123 cm³/mol. The summed E-state index contributed by atoms with van der Waals surface area (Å²) in [6.07, 6.45) is -1.27. The number of nitrogens with one attached hydrogen (secondary N) is 1. The van der Waals surface area contributed by atoms with Gasteiger partial charge in [-0.2, -0.15) is 0 Å². The number of aryl methyl sites for hydroxylation is 2. The summed E-state index contributed by atoms with van der Waals surface area (Å²) in [5.41, 5.74) is 8.33. The standard InChI is InChI=1S/C22H18Cl3N3O3/c1-11-8-12(2)10-14(9-11)27-21(29)19(13-6-4-3-5-7-13)31-22(30)18-15(23)17(26)16(24)20(25)28-18/h3-10,19H,1-2H3,(H2,26,28)(H,27,29). The predicted octanol–water partition coefficient (Wildman–Crippen LogP) is 5.78. The monoisotopic (exact) mass is 477 g/mol. The molecule has 31 heavy (non-hydrogen) atoms. The van der Waals surface area contributed by atoms with Crippen molar-refractivity contribution in [2.45, 2.75) is 20.0 Å². The van der Waals surface area contributed by atoms with E-state index in [2.05, 4.69) is 10.3 Å². The highest BCUT2D eigenvalue weighted by atomic mass is 35.5. The zero-order valence-corrected chi connectivity index (χ0v) is 18.8. The van der Waals surface area contributed by atoms with Crippen LogP contribution in [0, 0.1) is 13.8 Å². The van der Waals surface area contributed by atoms with Gasteiger partial charge in [-0.15, -0.1) is 0 Å². The van der Waals surface area contributed by atoms with Crippen LogP contribution in [0.3, 0.4) is 0 Å². The van der Waals surface area contributed by atoms with Crippen molar-refractivity contribution in [3.63, 3.8) is 0 Å². The van der Waals surface area contributed by atoms with E-state index >= 15 is 0 Å². The third-order valence-corrected chi connectivity index (χ3v) is 5.46. The number of hydrogen-bond donors (Lipinski definition) is 2. The highest BCUT2D eigenvalue weighted by Crippen LogP contribution is 2.35. The van der Waals surface area contributed by atoms with Crippen molar-refractivity contribution in [1.82, 2.24) is 4.98 Å². The Kier molecular flexibility index (Phi) is 7.05. The highest BCUT2D eigenvalue weighted by molar-refractivity contribution is 6.46. The van der Waals surface area contributed by atoms with Crippen molar-refractivity contribution in [2.75, 3.05) is 11.1 Å². The van der Waals surface area contributed by atoms with Gasteiger partial charge in [-0.3, -0.25) is 4.79 Å². The summed E-state index contributed by atoms with van der Waals surface area (Å²) < 4.78 is 5.49. The van der Waals surface area contributed by atoms with Gasteiger partial charge in [0.1, 0.15) is 5.02 Å². The number of nitrogen functional groups attached to an aromatic ring is 1. The van der Waals surface area contributed by atoms with Crippen LogP contribution in [0.4, 0.5) is 11.4 Å². The van der Waals surface area contributed by atoms with Crippen LogP contribution < -0.4 is 11.1 Å². The molecule has 3 rings (SSSR count). The van der Waals surface area contributed by atoms with E-state index < -0.39 is 18.0 Å². The maximum absolute atomic E-state index is 13.1. The lowest BCUT2D eigenvalue weighted by Crippen LogP contribution is -2.26. The zero-order valence-electron chi connectivity index (χ0n) is 16.6. The number of rotatable bonds is 5. The molecule has 160 valence electrons. The van der Waals surface area contributed by atoms with Crippen LogP contribution >= 0.6 is 34.8 Å².